The number of fused-ring (bicyclic) bond motifs is 14. The molecule has 2 unspecified atom stereocenters. The second-order valence-electron chi connectivity index (χ2n) is 14.3. The predicted octanol–water partition coefficient (Wildman–Crippen LogP) is 13.3. The van der Waals surface area contributed by atoms with Gasteiger partial charge in [-0.2, -0.15) is 0 Å². The van der Waals surface area contributed by atoms with E-state index in [0.717, 1.165) is 27.5 Å². The van der Waals surface area contributed by atoms with Gasteiger partial charge in [0.2, 0.25) is 0 Å². The van der Waals surface area contributed by atoms with Crippen molar-refractivity contribution in [2.24, 2.45) is 0 Å². The van der Waals surface area contributed by atoms with Crippen molar-refractivity contribution in [3.8, 4) is 11.1 Å². The molecule has 2 aliphatic heterocycles. The van der Waals surface area contributed by atoms with Gasteiger partial charge in [-0.3, -0.25) is 0 Å². The summed E-state index contributed by atoms with van der Waals surface area (Å²) in [4.78, 5) is 2.65. The third-order valence-electron chi connectivity index (χ3n) is 11.9. The van der Waals surface area contributed by atoms with Crippen molar-refractivity contribution in [2.75, 3.05) is 4.90 Å². The number of rotatable bonds is 2. The summed E-state index contributed by atoms with van der Waals surface area (Å²) in [5, 5.41) is 7.52. The molecule has 4 heteroatoms. The van der Waals surface area contributed by atoms with Gasteiger partial charge in [-0.25, -0.2) is 0 Å². The minimum absolute atomic E-state index is 0.123. The lowest BCUT2D eigenvalue weighted by atomic mass is 9.78. The van der Waals surface area contributed by atoms with Crippen LogP contribution in [-0.2, 0) is 0 Å². The molecule has 3 aliphatic rings. The summed E-state index contributed by atoms with van der Waals surface area (Å²) in [5.41, 5.74) is 14.7. The van der Waals surface area contributed by atoms with E-state index < -0.39 is 0 Å². The Morgan fingerprint density at radius 1 is 0.538 bits per heavy atom. The highest BCUT2D eigenvalue weighted by Gasteiger charge is 2.49. The van der Waals surface area contributed by atoms with Crippen molar-refractivity contribution in [1.29, 1.82) is 0 Å². The van der Waals surface area contributed by atoms with Gasteiger partial charge in [-0.05, 0) is 58.7 Å². The molecule has 5 heterocycles. The number of anilines is 2. The monoisotopic (exact) mass is 680 g/mol. The van der Waals surface area contributed by atoms with Crippen LogP contribution in [0.25, 0.3) is 86.3 Å². The van der Waals surface area contributed by atoms with Gasteiger partial charge in [0.05, 0.1) is 22.8 Å². The van der Waals surface area contributed by atoms with Gasteiger partial charge in [0.15, 0.2) is 0 Å². The first-order valence-corrected chi connectivity index (χ1v) is 18.8. The molecule has 0 N–H and O–H groups in total. The van der Waals surface area contributed by atoms with Crippen molar-refractivity contribution >= 4 is 97.9 Å². The fourth-order valence-corrected chi connectivity index (χ4v) is 11.1. The van der Waals surface area contributed by atoms with Gasteiger partial charge in [-0.1, -0.05) is 121 Å². The van der Waals surface area contributed by atoms with Crippen LogP contribution in [0.1, 0.15) is 17.0 Å². The summed E-state index contributed by atoms with van der Waals surface area (Å²) >= 11 is 1.92. The Balaban J connectivity index is 1.13. The number of furan rings is 1. The predicted molar refractivity (Wildman–Crippen MR) is 219 cm³/mol. The van der Waals surface area contributed by atoms with E-state index >= 15 is 0 Å². The summed E-state index contributed by atoms with van der Waals surface area (Å²) in [6.45, 7) is 0. The van der Waals surface area contributed by atoms with E-state index in [-0.39, 0.29) is 12.0 Å². The number of allylic oxidation sites excluding steroid dienone is 2. The second kappa shape index (κ2) is 9.70. The Hall–Kier alpha value is -6.36. The van der Waals surface area contributed by atoms with E-state index in [9.17, 15) is 0 Å². The highest BCUT2D eigenvalue weighted by Crippen LogP contribution is 2.61. The molecule has 0 saturated heterocycles. The molecule has 0 bridgehead atoms. The Morgan fingerprint density at radius 2 is 1.29 bits per heavy atom. The third-order valence-corrected chi connectivity index (χ3v) is 13.1. The lowest BCUT2D eigenvalue weighted by Gasteiger charge is -2.40. The summed E-state index contributed by atoms with van der Waals surface area (Å²) in [6, 6.07) is 53.6. The largest absolute Gasteiger partial charge is 0.455 e. The average Bonchev–Trinajstić information content (AvgIpc) is 3.96. The Morgan fingerprint density at radius 3 is 2.23 bits per heavy atom. The topological polar surface area (TPSA) is 21.3 Å². The lowest BCUT2D eigenvalue weighted by molar-refractivity contribution is 0.670. The van der Waals surface area contributed by atoms with E-state index in [1.165, 1.54) is 81.3 Å². The van der Waals surface area contributed by atoms with E-state index in [2.05, 4.69) is 167 Å². The highest BCUT2D eigenvalue weighted by atomic mass is 32.1. The molecule has 3 aromatic heterocycles. The summed E-state index contributed by atoms with van der Waals surface area (Å²) in [6.07, 6.45) is 4.85. The van der Waals surface area contributed by atoms with Crippen LogP contribution < -0.4 is 4.90 Å². The molecule has 10 aromatic rings. The molecule has 3 nitrogen and oxygen atoms in total. The van der Waals surface area contributed by atoms with E-state index in [0.29, 0.717) is 0 Å². The normalized spacial score (nSPS) is 17.4. The first-order valence-electron chi connectivity index (χ1n) is 18.0. The minimum atomic E-state index is 0.123. The van der Waals surface area contributed by atoms with Gasteiger partial charge < -0.3 is 13.9 Å². The van der Waals surface area contributed by atoms with Crippen molar-refractivity contribution in [3.63, 3.8) is 0 Å². The number of hydrogen-bond acceptors (Lipinski definition) is 3. The molecule has 13 rings (SSSR count). The van der Waals surface area contributed by atoms with Crippen LogP contribution in [0.3, 0.4) is 0 Å². The fourth-order valence-electron chi connectivity index (χ4n) is 9.90. The molecule has 7 aromatic carbocycles. The standard InChI is InChI=1S/C48H28N2OS/c1-5-19-37-35(13-1)43-29(32-16-9-15-31-27-11-3-7-21-41(27)51-47(31)32)23-25-39-45(43)49(37)40-26-24-30(44-36-14-2-6-20-38(36)50(39)46(40)44)34-18-10-17-33-28-12-4-8-22-42(28)52-48(33)34/h1-26,44,46H. The second-order valence-corrected chi connectivity index (χ2v) is 15.4. The summed E-state index contributed by atoms with van der Waals surface area (Å²) < 4.78 is 11.9. The minimum Gasteiger partial charge on any atom is -0.455 e. The zero-order valence-electron chi connectivity index (χ0n) is 27.9. The Kier molecular flexibility index (Phi) is 5.10. The Bertz CT molecular complexity index is 3280. The van der Waals surface area contributed by atoms with Gasteiger partial charge in [-0.15, -0.1) is 11.3 Å². The van der Waals surface area contributed by atoms with Crippen LogP contribution in [0.4, 0.5) is 11.4 Å². The first kappa shape index (κ1) is 27.4. The number of para-hydroxylation sites is 4. The van der Waals surface area contributed by atoms with Gasteiger partial charge in [0.1, 0.15) is 11.2 Å². The van der Waals surface area contributed by atoms with E-state index in [4.69, 9.17) is 4.42 Å². The number of hydrogen-bond donors (Lipinski definition) is 0. The molecule has 0 fully saturated rings. The zero-order valence-corrected chi connectivity index (χ0v) is 28.7. The number of thiophene rings is 1. The van der Waals surface area contributed by atoms with E-state index in [1.54, 1.807) is 0 Å². The maximum absolute atomic E-state index is 6.63. The average molecular weight is 681 g/mol. The molecule has 0 radical (unpaired) electrons. The van der Waals surface area contributed by atoms with Crippen molar-refractivity contribution in [2.45, 2.75) is 12.0 Å². The van der Waals surface area contributed by atoms with Crippen LogP contribution in [0.5, 0.6) is 0 Å². The number of benzene rings is 7. The summed E-state index contributed by atoms with van der Waals surface area (Å²) in [5.74, 6) is 0.181. The fraction of sp³-hybridized carbons (Fsp3) is 0.0417. The zero-order chi connectivity index (χ0) is 33.7. The lowest BCUT2D eigenvalue weighted by Crippen LogP contribution is -2.38. The van der Waals surface area contributed by atoms with Crippen LogP contribution in [0, 0.1) is 0 Å². The number of aromatic nitrogens is 1. The quantitative estimate of drug-likeness (QED) is 0.181. The van der Waals surface area contributed by atoms with Gasteiger partial charge >= 0.3 is 0 Å². The maximum Gasteiger partial charge on any atom is 0.143 e. The van der Waals surface area contributed by atoms with Crippen molar-refractivity contribution in [1.82, 2.24) is 4.57 Å². The Labute approximate surface area is 302 Å². The van der Waals surface area contributed by atoms with Crippen molar-refractivity contribution < 1.29 is 4.42 Å². The third kappa shape index (κ3) is 3.28. The molecule has 1 aliphatic carbocycles. The molecule has 0 spiro atoms. The van der Waals surface area contributed by atoms with Gasteiger partial charge in [0.25, 0.3) is 0 Å². The summed E-state index contributed by atoms with van der Waals surface area (Å²) in [7, 11) is 0. The molecular weight excluding hydrogens is 653 g/mol. The van der Waals surface area contributed by atoms with Crippen LogP contribution in [-0.4, -0.2) is 10.6 Å². The van der Waals surface area contributed by atoms with Crippen LogP contribution >= 0.6 is 11.3 Å². The molecule has 2 atom stereocenters. The van der Waals surface area contributed by atoms with Crippen LogP contribution in [0.2, 0.25) is 0 Å². The first-order chi connectivity index (χ1) is 25.8. The van der Waals surface area contributed by atoms with E-state index in [1.807, 2.05) is 11.3 Å². The van der Waals surface area contributed by atoms with Crippen LogP contribution in [0.15, 0.2) is 162 Å². The van der Waals surface area contributed by atoms with Gasteiger partial charge in [0, 0.05) is 64.6 Å². The SMILES string of the molecule is C1=C(c2cccc3c2sc2ccccc23)C2c3ccccc3N3c4ccc(-c5cccc6c5oc5ccccc56)c5c6ccccc6n(c45)C(=C1)C23. The molecule has 242 valence electrons. The molecular formula is C48H28N2OS. The molecule has 52 heavy (non-hydrogen) atoms. The number of nitrogens with zero attached hydrogens (tertiary/aromatic N) is 2. The smallest absolute Gasteiger partial charge is 0.143 e. The highest BCUT2D eigenvalue weighted by molar-refractivity contribution is 7.26. The maximum atomic E-state index is 6.63. The molecule has 0 amide bonds. The van der Waals surface area contributed by atoms with Crippen molar-refractivity contribution in [3.05, 3.63) is 169 Å². The molecule has 0 saturated carbocycles.